The SMILES string of the molecule is CC(C)(C)OC(=O)N1CCC[C@H]1c1ncc(-c2ccc(-c3ccc4cc(O)ccc4c3)nc2)n1COCC[Si](C)(C)C. The number of pyridine rings is 1. The Morgan fingerprint density at radius 3 is 2.45 bits per heavy atom. The summed E-state index contributed by atoms with van der Waals surface area (Å²) in [7, 11) is -1.25. The van der Waals surface area contributed by atoms with Crippen molar-refractivity contribution in [1.29, 1.82) is 0 Å². The first-order valence-electron chi connectivity index (χ1n) is 14.7. The number of carbonyl (C=O) groups excluding carboxylic acids is 1. The predicted molar refractivity (Wildman–Crippen MR) is 169 cm³/mol. The number of carbonyl (C=O) groups is 1. The Bertz CT molecular complexity index is 1550. The average molecular weight is 587 g/mol. The molecule has 0 radical (unpaired) electrons. The number of likely N-dealkylation sites (tertiary alicyclic amines) is 1. The Labute approximate surface area is 249 Å². The topological polar surface area (TPSA) is 89.7 Å². The van der Waals surface area contributed by atoms with E-state index in [0.29, 0.717) is 19.9 Å². The van der Waals surface area contributed by atoms with Crippen molar-refractivity contribution in [2.75, 3.05) is 13.2 Å². The molecule has 0 unspecified atom stereocenters. The fourth-order valence-electron chi connectivity index (χ4n) is 5.24. The van der Waals surface area contributed by atoms with E-state index in [9.17, 15) is 9.90 Å². The molecule has 1 fully saturated rings. The molecule has 42 heavy (non-hydrogen) atoms. The Kier molecular flexibility index (Phi) is 8.43. The van der Waals surface area contributed by atoms with Crippen LogP contribution in [0.3, 0.4) is 0 Å². The highest BCUT2D eigenvalue weighted by molar-refractivity contribution is 6.76. The van der Waals surface area contributed by atoms with Gasteiger partial charge in [-0.2, -0.15) is 0 Å². The second kappa shape index (κ2) is 11.9. The number of fused-ring (bicyclic) bond motifs is 1. The van der Waals surface area contributed by atoms with E-state index in [1.165, 1.54) is 0 Å². The Balaban J connectivity index is 1.44. The summed E-state index contributed by atoms with van der Waals surface area (Å²) in [4.78, 5) is 24.5. The number of phenolic OH excluding ortho intramolecular Hbond substituents is 1. The maximum absolute atomic E-state index is 13.1. The quantitative estimate of drug-likeness (QED) is 0.167. The highest BCUT2D eigenvalue weighted by Gasteiger charge is 2.36. The van der Waals surface area contributed by atoms with Crippen molar-refractivity contribution < 1.29 is 19.4 Å². The van der Waals surface area contributed by atoms with Crippen LogP contribution in [0.5, 0.6) is 5.75 Å². The minimum atomic E-state index is -1.25. The van der Waals surface area contributed by atoms with Crippen LogP contribution in [0.15, 0.2) is 60.9 Å². The first-order valence-corrected chi connectivity index (χ1v) is 18.4. The van der Waals surface area contributed by atoms with Crippen molar-refractivity contribution >= 4 is 24.9 Å². The minimum absolute atomic E-state index is 0.182. The number of ether oxygens (including phenoxy) is 2. The third-order valence-corrected chi connectivity index (χ3v) is 9.17. The van der Waals surface area contributed by atoms with E-state index in [1.807, 2.05) is 57.4 Å². The van der Waals surface area contributed by atoms with Gasteiger partial charge in [0.05, 0.1) is 23.6 Å². The van der Waals surface area contributed by atoms with E-state index in [-0.39, 0.29) is 17.9 Å². The number of aromatic nitrogens is 3. The molecule has 222 valence electrons. The van der Waals surface area contributed by atoms with E-state index < -0.39 is 13.7 Å². The maximum atomic E-state index is 13.1. The van der Waals surface area contributed by atoms with Crippen molar-refractivity contribution in [3.63, 3.8) is 0 Å². The third kappa shape index (κ3) is 7.02. The molecule has 1 amide bonds. The van der Waals surface area contributed by atoms with Gasteiger partial charge in [0.2, 0.25) is 0 Å². The molecule has 9 heteroatoms. The lowest BCUT2D eigenvalue weighted by atomic mass is 10.0. The summed E-state index contributed by atoms with van der Waals surface area (Å²) in [5, 5.41) is 11.8. The predicted octanol–water partition coefficient (Wildman–Crippen LogP) is 7.86. The first kappa shape index (κ1) is 29.8. The molecule has 3 heterocycles. The van der Waals surface area contributed by atoms with Gasteiger partial charge >= 0.3 is 6.09 Å². The second-order valence-corrected chi connectivity index (χ2v) is 18.9. The number of rotatable bonds is 8. The number of hydrogen-bond acceptors (Lipinski definition) is 6. The third-order valence-electron chi connectivity index (χ3n) is 7.46. The zero-order chi connectivity index (χ0) is 30.1. The summed E-state index contributed by atoms with van der Waals surface area (Å²) in [5.74, 6) is 1.06. The number of benzene rings is 2. The molecule has 1 atom stereocenters. The molecule has 4 aromatic rings. The zero-order valence-electron chi connectivity index (χ0n) is 25.6. The van der Waals surface area contributed by atoms with Crippen LogP contribution in [0.25, 0.3) is 33.3 Å². The standard InChI is InChI=1S/C33H42N4O4Si/c1-33(2,3)41-32(39)36-15-7-8-29(36)31-35-21-30(37(31)22-40-16-17-42(4,5)6)26-12-14-28(34-20-26)25-10-9-24-19-27(38)13-11-23(24)18-25/h9-14,18-21,29,38H,7-8,15-17,22H2,1-6H3/t29-/m0/s1. The number of imidazole rings is 1. The van der Waals surface area contributed by atoms with Crippen LogP contribution in [0.4, 0.5) is 4.79 Å². The van der Waals surface area contributed by atoms with Gasteiger partial charge in [-0.05, 0) is 80.8 Å². The lowest BCUT2D eigenvalue weighted by molar-refractivity contribution is 0.0204. The van der Waals surface area contributed by atoms with E-state index >= 15 is 0 Å². The van der Waals surface area contributed by atoms with Crippen LogP contribution < -0.4 is 0 Å². The fourth-order valence-corrected chi connectivity index (χ4v) is 6.00. The molecule has 0 saturated carbocycles. The summed E-state index contributed by atoms with van der Waals surface area (Å²) < 4.78 is 14.0. The van der Waals surface area contributed by atoms with Gasteiger partial charge in [0, 0.05) is 38.5 Å². The van der Waals surface area contributed by atoms with Gasteiger partial charge in [-0.15, -0.1) is 0 Å². The summed E-state index contributed by atoms with van der Waals surface area (Å²) in [6.45, 7) is 14.4. The Hall–Kier alpha value is -3.69. The van der Waals surface area contributed by atoms with Crippen LogP contribution >= 0.6 is 0 Å². The van der Waals surface area contributed by atoms with Crippen LogP contribution in [0, 0.1) is 0 Å². The Morgan fingerprint density at radius 1 is 1.00 bits per heavy atom. The van der Waals surface area contributed by atoms with Crippen molar-refractivity contribution in [3.05, 3.63) is 66.7 Å². The summed E-state index contributed by atoms with van der Waals surface area (Å²) >= 11 is 0. The first-order chi connectivity index (χ1) is 19.9. The maximum Gasteiger partial charge on any atom is 0.410 e. The molecular weight excluding hydrogens is 544 g/mol. The van der Waals surface area contributed by atoms with Crippen LogP contribution in [0.1, 0.15) is 45.5 Å². The van der Waals surface area contributed by atoms with Crippen LogP contribution in [0.2, 0.25) is 25.7 Å². The number of nitrogens with zero attached hydrogens (tertiary/aromatic N) is 4. The molecule has 0 aliphatic carbocycles. The summed E-state index contributed by atoms with van der Waals surface area (Å²) in [5.41, 5.74) is 3.13. The average Bonchev–Trinajstić information content (AvgIpc) is 3.57. The molecule has 1 saturated heterocycles. The van der Waals surface area contributed by atoms with E-state index in [4.69, 9.17) is 19.4 Å². The molecular formula is C33H42N4O4Si. The number of aromatic hydroxyl groups is 1. The molecule has 0 spiro atoms. The highest BCUT2D eigenvalue weighted by atomic mass is 28.3. The van der Waals surface area contributed by atoms with Crippen molar-refractivity contribution in [1.82, 2.24) is 19.4 Å². The molecule has 0 bridgehead atoms. The molecule has 8 nitrogen and oxygen atoms in total. The van der Waals surface area contributed by atoms with E-state index in [0.717, 1.165) is 58.0 Å². The smallest absolute Gasteiger partial charge is 0.410 e. The molecule has 1 N–H and O–H groups in total. The molecule has 5 rings (SSSR count). The Morgan fingerprint density at radius 2 is 1.74 bits per heavy atom. The fraction of sp³-hybridized carbons (Fsp3) is 0.424. The number of hydrogen-bond donors (Lipinski definition) is 1. The lowest BCUT2D eigenvalue weighted by Gasteiger charge is -2.29. The van der Waals surface area contributed by atoms with Crippen molar-refractivity contribution in [2.45, 2.75) is 77.7 Å². The molecule has 1 aliphatic rings. The molecule has 2 aromatic carbocycles. The van der Waals surface area contributed by atoms with Gasteiger partial charge in [-0.1, -0.05) is 37.8 Å². The van der Waals surface area contributed by atoms with Gasteiger partial charge in [-0.25, -0.2) is 9.78 Å². The van der Waals surface area contributed by atoms with Crippen molar-refractivity contribution in [3.8, 4) is 28.3 Å². The van der Waals surface area contributed by atoms with Gasteiger partial charge in [0.1, 0.15) is 23.9 Å². The molecule has 1 aliphatic heterocycles. The molecule has 2 aromatic heterocycles. The van der Waals surface area contributed by atoms with Gasteiger partial charge < -0.3 is 19.1 Å². The van der Waals surface area contributed by atoms with Gasteiger partial charge in [-0.3, -0.25) is 9.88 Å². The number of amides is 1. The van der Waals surface area contributed by atoms with Crippen LogP contribution in [-0.2, 0) is 16.2 Å². The number of phenols is 1. The van der Waals surface area contributed by atoms with E-state index in [2.05, 4.69) is 36.3 Å². The second-order valence-electron chi connectivity index (χ2n) is 13.3. The monoisotopic (exact) mass is 586 g/mol. The van der Waals surface area contributed by atoms with E-state index in [1.54, 1.807) is 17.0 Å². The van der Waals surface area contributed by atoms with Crippen LogP contribution in [-0.4, -0.2) is 57.5 Å². The largest absolute Gasteiger partial charge is 0.508 e. The zero-order valence-corrected chi connectivity index (χ0v) is 26.6. The van der Waals surface area contributed by atoms with Gasteiger partial charge in [0.25, 0.3) is 0 Å². The lowest BCUT2D eigenvalue weighted by Crippen LogP contribution is -2.37. The normalized spacial score (nSPS) is 15.9. The summed E-state index contributed by atoms with van der Waals surface area (Å²) in [6.07, 6.45) is 5.14. The van der Waals surface area contributed by atoms with Gasteiger partial charge in [0.15, 0.2) is 0 Å². The van der Waals surface area contributed by atoms with Crippen molar-refractivity contribution in [2.24, 2.45) is 0 Å². The summed E-state index contributed by atoms with van der Waals surface area (Å²) in [6, 6.07) is 16.4. The minimum Gasteiger partial charge on any atom is -0.508 e. The highest BCUT2D eigenvalue weighted by Crippen LogP contribution is 2.35.